The molecule has 4 rings (SSSR count). The molecule has 0 bridgehead atoms. The van der Waals surface area contributed by atoms with Gasteiger partial charge in [-0.3, -0.25) is 4.79 Å². The van der Waals surface area contributed by atoms with Crippen molar-refractivity contribution in [1.29, 1.82) is 0 Å². The van der Waals surface area contributed by atoms with Crippen molar-refractivity contribution in [3.8, 4) is 0 Å². The van der Waals surface area contributed by atoms with Crippen LogP contribution in [0.1, 0.15) is 65.8 Å². The van der Waals surface area contributed by atoms with E-state index in [0.717, 1.165) is 24.5 Å². The van der Waals surface area contributed by atoms with Crippen LogP contribution >= 0.6 is 0 Å². The summed E-state index contributed by atoms with van der Waals surface area (Å²) in [7, 11) is 1.98. The van der Waals surface area contributed by atoms with Gasteiger partial charge in [0.15, 0.2) is 0 Å². The summed E-state index contributed by atoms with van der Waals surface area (Å²) in [6.07, 6.45) is 10.3. The van der Waals surface area contributed by atoms with Gasteiger partial charge in [-0.25, -0.2) is 4.98 Å². The van der Waals surface area contributed by atoms with Crippen molar-refractivity contribution in [2.24, 2.45) is 7.05 Å². The largest absolute Gasteiger partial charge is 0.336 e. The summed E-state index contributed by atoms with van der Waals surface area (Å²) in [6, 6.07) is 8.35. The highest BCUT2D eigenvalue weighted by atomic mass is 16.2. The molecule has 1 amide bonds. The molecule has 1 aliphatic heterocycles. The predicted molar refractivity (Wildman–Crippen MR) is 102 cm³/mol. The third kappa shape index (κ3) is 3.40. The molecule has 26 heavy (non-hydrogen) atoms. The van der Waals surface area contributed by atoms with Crippen LogP contribution in [0.5, 0.6) is 0 Å². The molecule has 1 aromatic carbocycles. The lowest BCUT2D eigenvalue weighted by atomic mass is 9.84. The number of piperazine rings is 1. The lowest BCUT2D eigenvalue weighted by molar-refractivity contribution is 0.0621. The maximum atomic E-state index is 13.2. The normalized spacial score (nSPS) is 21.7. The van der Waals surface area contributed by atoms with E-state index in [-0.39, 0.29) is 11.9 Å². The third-order valence-corrected chi connectivity index (χ3v) is 5.89. The van der Waals surface area contributed by atoms with Gasteiger partial charge in [-0.05, 0) is 36.5 Å². The highest BCUT2D eigenvalue weighted by molar-refractivity contribution is 5.94. The zero-order valence-corrected chi connectivity index (χ0v) is 15.5. The average molecular weight is 352 g/mol. The summed E-state index contributed by atoms with van der Waals surface area (Å²) < 4.78 is 2.00. The van der Waals surface area contributed by atoms with Gasteiger partial charge in [0.2, 0.25) is 0 Å². The highest BCUT2D eigenvalue weighted by Gasteiger charge is 2.31. The number of carbonyl (C=O) groups excluding carboxylic acids is 1. The van der Waals surface area contributed by atoms with Gasteiger partial charge >= 0.3 is 0 Å². The van der Waals surface area contributed by atoms with Gasteiger partial charge in [0.1, 0.15) is 11.9 Å². The molecule has 5 nitrogen and oxygen atoms in total. The number of carbonyl (C=O) groups is 1. The van der Waals surface area contributed by atoms with E-state index in [1.807, 2.05) is 34.8 Å². The van der Waals surface area contributed by atoms with E-state index in [1.165, 1.54) is 37.7 Å². The van der Waals surface area contributed by atoms with Crippen LogP contribution in [0.15, 0.2) is 36.7 Å². The molecule has 0 spiro atoms. The number of nitrogens with zero attached hydrogens (tertiary/aromatic N) is 3. The van der Waals surface area contributed by atoms with Crippen LogP contribution in [0.2, 0.25) is 0 Å². The fraction of sp³-hybridized carbons (Fsp3) is 0.524. The molecule has 1 unspecified atom stereocenters. The quantitative estimate of drug-likeness (QED) is 0.922. The van der Waals surface area contributed by atoms with Gasteiger partial charge in [0, 0.05) is 44.6 Å². The van der Waals surface area contributed by atoms with Crippen LogP contribution in [0.25, 0.3) is 0 Å². The van der Waals surface area contributed by atoms with E-state index < -0.39 is 0 Å². The van der Waals surface area contributed by atoms with Crippen LogP contribution in [0.3, 0.4) is 0 Å². The SMILES string of the molecule is Cn1ccnc1C1CNCCN1C(=O)c1ccc(C2CCCCC2)cc1. The molecule has 1 N–H and O–H groups in total. The van der Waals surface area contributed by atoms with Crippen LogP contribution in [-0.2, 0) is 7.05 Å². The Bertz CT molecular complexity index is 746. The minimum Gasteiger partial charge on any atom is -0.336 e. The minimum atomic E-state index is -0.0192. The number of imidazole rings is 1. The van der Waals surface area contributed by atoms with Crippen molar-refractivity contribution < 1.29 is 4.79 Å². The second kappa shape index (κ2) is 7.62. The Morgan fingerprint density at radius 1 is 1.15 bits per heavy atom. The monoisotopic (exact) mass is 352 g/mol. The molecule has 1 aliphatic carbocycles. The molecule has 2 heterocycles. The summed E-state index contributed by atoms with van der Waals surface area (Å²) >= 11 is 0. The third-order valence-electron chi connectivity index (χ3n) is 5.89. The first-order valence-electron chi connectivity index (χ1n) is 9.83. The zero-order chi connectivity index (χ0) is 17.9. The topological polar surface area (TPSA) is 50.2 Å². The molecule has 2 aliphatic rings. The van der Waals surface area contributed by atoms with E-state index in [0.29, 0.717) is 12.5 Å². The Hall–Kier alpha value is -2.14. The van der Waals surface area contributed by atoms with E-state index in [4.69, 9.17) is 0 Å². The molecule has 1 atom stereocenters. The molecule has 1 aromatic heterocycles. The van der Waals surface area contributed by atoms with Crippen molar-refractivity contribution in [2.75, 3.05) is 19.6 Å². The van der Waals surface area contributed by atoms with Crippen LogP contribution in [0.4, 0.5) is 0 Å². The molecule has 138 valence electrons. The number of hydrogen-bond acceptors (Lipinski definition) is 3. The molecular formula is C21H28N4O. The minimum absolute atomic E-state index is 0.0192. The van der Waals surface area contributed by atoms with E-state index >= 15 is 0 Å². The zero-order valence-electron chi connectivity index (χ0n) is 15.5. The number of amides is 1. The summed E-state index contributed by atoms with van der Waals surface area (Å²) in [5.74, 6) is 1.71. The number of aryl methyl sites for hydroxylation is 1. The molecular weight excluding hydrogens is 324 g/mol. The number of benzene rings is 1. The standard InChI is InChI=1S/C21H28N4O/c1-24-13-12-23-20(24)19-15-22-11-14-25(19)21(26)18-9-7-17(8-10-18)16-5-3-2-4-6-16/h7-10,12-13,16,19,22H,2-6,11,14-15H2,1H3. The second-order valence-electron chi connectivity index (χ2n) is 7.57. The van der Waals surface area contributed by atoms with Gasteiger partial charge in [-0.1, -0.05) is 31.4 Å². The van der Waals surface area contributed by atoms with Crippen molar-refractivity contribution in [2.45, 2.75) is 44.1 Å². The molecule has 0 radical (unpaired) electrons. The summed E-state index contributed by atoms with van der Waals surface area (Å²) in [5, 5.41) is 3.39. The number of nitrogens with one attached hydrogen (secondary N) is 1. The van der Waals surface area contributed by atoms with E-state index in [2.05, 4.69) is 22.4 Å². The van der Waals surface area contributed by atoms with E-state index in [1.54, 1.807) is 6.20 Å². The van der Waals surface area contributed by atoms with Crippen LogP contribution < -0.4 is 5.32 Å². The summed E-state index contributed by atoms with van der Waals surface area (Å²) in [4.78, 5) is 19.6. The molecule has 1 saturated carbocycles. The number of rotatable bonds is 3. The van der Waals surface area contributed by atoms with Crippen LogP contribution in [-0.4, -0.2) is 40.0 Å². The fourth-order valence-electron chi connectivity index (χ4n) is 4.38. The van der Waals surface area contributed by atoms with Crippen molar-refractivity contribution >= 4 is 5.91 Å². The Kier molecular flexibility index (Phi) is 5.07. The highest BCUT2D eigenvalue weighted by Crippen LogP contribution is 2.33. The lowest BCUT2D eigenvalue weighted by Crippen LogP contribution is -2.49. The molecule has 2 fully saturated rings. The fourth-order valence-corrected chi connectivity index (χ4v) is 4.38. The van der Waals surface area contributed by atoms with Gasteiger partial charge in [0.05, 0.1) is 0 Å². The Morgan fingerprint density at radius 2 is 1.92 bits per heavy atom. The average Bonchev–Trinajstić information content (AvgIpc) is 3.14. The maximum Gasteiger partial charge on any atom is 0.254 e. The first-order valence-corrected chi connectivity index (χ1v) is 9.83. The van der Waals surface area contributed by atoms with Crippen molar-refractivity contribution in [3.05, 3.63) is 53.6 Å². The first-order chi connectivity index (χ1) is 12.7. The first kappa shape index (κ1) is 17.3. The number of hydrogen-bond donors (Lipinski definition) is 1. The second-order valence-corrected chi connectivity index (χ2v) is 7.57. The Morgan fingerprint density at radius 3 is 2.62 bits per heavy atom. The summed E-state index contributed by atoms with van der Waals surface area (Å²) in [5.41, 5.74) is 2.17. The molecule has 5 heteroatoms. The smallest absolute Gasteiger partial charge is 0.254 e. The Labute approximate surface area is 155 Å². The molecule has 1 saturated heterocycles. The van der Waals surface area contributed by atoms with E-state index in [9.17, 15) is 4.79 Å². The van der Waals surface area contributed by atoms with Crippen molar-refractivity contribution in [1.82, 2.24) is 19.8 Å². The van der Waals surface area contributed by atoms with Gasteiger partial charge in [-0.15, -0.1) is 0 Å². The van der Waals surface area contributed by atoms with Gasteiger partial charge in [-0.2, -0.15) is 0 Å². The van der Waals surface area contributed by atoms with Gasteiger partial charge in [0.25, 0.3) is 5.91 Å². The summed E-state index contributed by atoms with van der Waals surface area (Å²) in [6.45, 7) is 2.28. The lowest BCUT2D eigenvalue weighted by Gasteiger charge is -2.36. The molecule has 2 aromatic rings. The van der Waals surface area contributed by atoms with Gasteiger partial charge < -0.3 is 14.8 Å². The van der Waals surface area contributed by atoms with Crippen molar-refractivity contribution in [3.63, 3.8) is 0 Å². The number of aromatic nitrogens is 2. The van der Waals surface area contributed by atoms with Crippen LogP contribution in [0, 0.1) is 0 Å². The predicted octanol–water partition coefficient (Wildman–Crippen LogP) is 3.25. The Balaban J connectivity index is 1.52. The maximum absolute atomic E-state index is 13.2.